The van der Waals surface area contributed by atoms with Crippen molar-refractivity contribution in [1.29, 1.82) is 5.39 Å². The predicted octanol–water partition coefficient (Wildman–Crippen LogP) is -1.97. The van der Waals surface area contributed by atoms with E-state index in [2.05, 4.69) is 0 Å². The van der Waals surface area contributed by atoms with Gasteiger partial charge < -0.3 is 14.8 Å². The van der Waals surface area contributed by atoms with Crippen LogP contribution in [0, 0.1) is 25.6 Å². The normalized spacial score (nSPS) is 9.20. The molecule has 1 aromatic carbocycles. The van der Waals surface area contributed by atoms with Crippen molar-refractivity contribution in [2.45, 2.75) is 0 Å². The molecule has 0 saturated carbocycles. The molecule has 0 aliphatic rings. The molecule has 0 aliphatic carbocycles. The number of hydrogen-bond donors (Lipinski definition) is 2. The second kappa shape index (κ2) is 8.25. The molecule has 1 aromatic rings. The number of nitro benzene ring substituents is 2. The summed E-state index contributed by atoms with van der Waals surface area (Å²) in [4.78, 5) is 19.1. The number of nitro groups is 2. The molecule has 0 saturated heterocycles. The van der Waals surface area contributed by atoms with Crippen molar-refractivity contribution in [2.24, 2.45) is 0 Å². The van der Waals surface area contributed by atoms with Crippen LogP contribution in [0.25, 0.3) is 0 Å². The Morgan fingerprint density at radius 1 is 1.10 bits per heavy atom. The number of nitrogens with zero attached hydrogens (tertiary/aromatic N) is 3. The lowest BCUT2D eigenvalue weighted by molar-refractivity contribution is -0.393. The van der Waals surface area contributed by atoms with E-state index in [1.54, 1.807) is 0 Å². The zero-order valence-corrected chi connectivity index (χ0v) is 10.1. The minimum atomic E-state index is -5.17. The summed E-state index contributed by atoms with van der Waals surface area (Å²) in [5, 5.41) is 31.5. The number of diazo groups is 1. The smallest absolute Gasteiger partial charge is 0.298 e. The Hall–Kier alpha value is -2.89. The van der Waals surface area contributed by atoms with Crippen molar-refractivity contribution in [3.05, 3.63) is 38.4 Å². The molecule has 0 bridgehead atoms. The average Bonchev–Trinajstić information content (AvgIpc) is 2.29. The number of rotatable bonds is 2. The van der Waals surface area contributed by atoms with E-state index in [4.69, 9.17) is 34.0 Å². The van der Waals surface area contributed by atoms with Crippen molar-refractivity contribution in [2.75, 3.05) is 5.73 Å². The van der Waals surface area contributed by atoms with Gasteiger partial charge in [0.2, 0.25) is 5.39 Å². The zero-order valence-electron chi connectivity index (χ0n) is 9.33. The molecule has 13 nitrogen and oxygen atoms in total. The van der Waals surface area contributed by atoms with E-state index >= 15 is 0 Å². The molecule has 0 amide bonds. The molecular formula is C6H6N5O8S-. The Kier molecular flexibility index (Phi) is 8.03. The van der Waals surface area contributed by atoms with E-state index < -0.39 is 25.9 Å². The van der Waals surface area contributed by atoms with Crippen LogP contribution in [0.1, 0.15) is 0 Å². The fraction of sp³-hybridized carbons (Fsp3) is 0. The SMILES string of the molecule is N#[NH+].Nc1ccc([N+](=O)[O-])cc1[N+](=O)[O-].O=S(=O)([O-])[O-]. The summed E-state index contributed by atoms with van der Waals surface area (Å²) >= 11 is 0. The highest BCUT2D eigenvalue weighted by Gasteiger charge is 2.16. The van der Waals surface area contributed by atoms with Crippen LogP contribution in [0.5, 0.6) is 0 Å². The van der Waals surface area contributed by atoms with Gasteiger partial charge in [0.15, 0.2) is 0 Å². The fourth-order valence-electron chi connectivity index (χ4n) is 0.804. The van der Waals surface area contributed by atoms with Gasteiger partial charge in [0, 0.05) is 16.5 Å². The highest BCUT2D eigenvalue weighted by atomic mass is 32.3. The molecule has 0 fully saturated rings. The largest absolute Gasteiger partial charge is 0.759 e. The van der Waals surface area contributed by atoms with E-state index in [9.17, 15) is 20.2 Å². The highest BCUT2D eigenvalue weighted by molar-refractivity contribution is 7.79. The molecule has 1 rings (SSSR count). The van der Waals surface area contributed by atoms with Crippen molar-refractivity contribution >= 4 is 27.5 Å². The number of nitrogens with two attached hydrogens (primary N) is 1. The van der Waals surface area contributed by atoms with Gasteiger partial charge in [-0.25, -0.2) is 0 Å². The zero-order chi connectivity index (χ0) is 16.5. The molecule has 0 unspecified atom stereocenters. The molecule has 3 N–H and O–H groups in total. The van der Waals surface area contributed by atoms with Gasteiger partial charge >= 0.3 is 0 Å². The Labute approximate surface area is 110 Å². The van der Waals surface area contributed by atoms with Gasteiger partial charge in [-0.2, -0.15) is 0 Å². The van der Waals surface area contributed by atoms with Gasteiger partial charge in [0.25, 0.3) is 11.4 Å². The molecule has 0 radical (unpaired) electrons. The maximum absolute atomic E-state index is 10.3. The summed E-state index contributed by atoms with van der Waals surface area (Å²) in [6, 6.07) is 3.08. The van der Waals surface area contributed by atoms with Crippen LogP contribution in [0.15, 0.2) is 18.2 Å². The van der Waals surface area contributed by atoms with Gasteiger partial charge in [0.1, 0.15) is 5.69 Å². The van der Waals surface area contributed by atoms with Crippen molar-refractivity contribution in [1.82, 2.24) is 0 Å². The Bertz CT molecular complexity index is 603. The first kappa shape index (κ1) is 19.4. The number of benzene rings is 1. The minimum absolute atomic E-state index is 0.0874. The molecule has 0 spiro atoms. The van der Waals surface area contributed by atoms with Crippen LogP contribution < -0.4 is 11.1 Å². The Balaban J connectivity index is 0. The molecule has 0 aliphatic heterocycles. The lowest BCUT2D eigenvalue weighted by atomic mass is 10.2. The van der Waals surface area contributed by atoms with Gasteiger partial charge in [-0.15, -0.1) is 0 Å². The van der Waals surface area contributed by atoms with Crippen LogP contribution in [0.3, 0.4) is 0 Å². The van der Waals surface area contributed by atoms with Gasteiger partial charge in [-0.05, 0) is 6.07 Å². The summed E-state index contributed by atoms with van der Waals surface area (Å²) in [6.45, 7) is 0. The third-order valence-corrected chi connectivity index (χ3v) is 1.42. The number of hydrogen-bond acceptors (Lipinski definition) is 10. The van der Waals surface area contributed by atoms with E-state index in [1.807, 2.05) is 0 Å². The number of nitrogens with one attached hydrogen (secondary N) is 1. The summed E-state index contributed by atoms with van der Waals surface area (Å²) in [7, 11) is -5.17. The number of non-ortho nitro benzene ring substituents is 1. The fourth-order valence-corrected chi connectivity index (χ4v) is 0.804. The molecule has 14 heteroatoms. The topological polar surface area (TPSA) is 240 Å². The van der Waals surface area contributed by atoms with E-state index in [1.165, 1.54) is 0 Å². The molecule has 0 atom stereocenters. The van der Waals surface area contributed by atoms with Crippen LogP contribution in [0.2, 0.25) is 0 Å². The molecule has 0 heterocycles. The summed E-state index contributed by atoms with van der Waals surface area (Å²) < 4.78 is 34.1. The lowest BCUT2D eigenvalue weighted by Crippen LogP contribution is -2.11. The van der Waals surface area contributed by atoms with Gasteiger partial charge in [0.05, 0.1) is 21.3 Å². The van der Waals surface area contributed by atoms with E-state index in [0.717, 1.165) is 18.2 Å². The Morgan fingerprint density at radius 2 is 1.50 bits per heavy atom. The van der Waals surface area contributed by atoms with Crippen LogP contribution in [-0.2, 0) is 10.4 Å². The summed E-state index contributed by atoms with van der Waals surface area (Å²) in [5.74, 6) is 0. The van der Waals surface area contributed by atoms with Crippen LogP contribution in [-0.4, -0.2) is 27.4 Å². The van der Waals surface area contributed by atoms with Crippen LogP contribution in [0.4, 0.5) is 17.1 Å². The third kappa shape index (κ3) is 9.17. The molecule has 110 valence electrons. The molecule has 20 heavy (non-hydrogen) atoms. The van der Waals surface area contributed by atoms with Crippen molar-refractivity contribution in [3.63, 3.8) is 0 Å². The number of nitrogen functional groups attached to an aromatic ring is 1. The monoisotopic (exact) mass is 308 g/mol. The van der Waals surface area contributed by atoms with Crippen molar-refractivity contribution < 1.29 is 32.8 Å². The average molecular weight is 308 g/mol. The standard InChI is InChI=1S/C6H5N3O4.N2.H2O4S/c7-5-2-1-4(8(10)11)3-6(5)9(12)13;1-2;1-5(2,3)4/h1-3H,7H2;;(H2,1,2,3,4)/p-1. The second-order valence-corrected chi connectivity index (χ2v) is 3.48. The first-order valence-corrected chi connectivity index (χ1v) is 5.43. The highest BCUT2D eigenvalue weighted by Crippen LogP contribution is 2.25. The maximum atomic E-state index is 10.3. The first-order valence-electron chi connectivity index (χ1n) is 4.09. The summed E-state index contributed by atoms with van der Waals surface area (Å²) in [5.41, 5.74) is 4.34. The van der Waals surface area contributed by atoms with E-state index in [0.29, 0.717) is 0 Å². The lowest BCUT2D eigenvalue weighted by Gasteiger charge is -2.06. The maximum Gasteiger partial charge on any atom is 0.298 e. The first-order chi connectivity index (χ1) is 9.02. The molecule has 0 aromatic heterocycles. The van der Waals surface area contributed by atoms with Gasteiger partial charge in [-0.1, -0.05) is 0 Å². The minimum Gasteiger partial charge on any atom is -0.759 e. The van der Waals surface area contributed by atoms with Gasteiger partial charge in [-0.3, -0.25) is 28.6 Å². The Morgan fingerprint density at radius 3 is 1.80 bits per heavy atom. The predicted molar refractivity (Wildman–Crippen MR) is 57.3 cm³/mol. The third-order valence-electron chi connectivity index (χ3n) is 1.42. The van der Waals surface area contributed by atoms with E-state index in [-0.39, 0.29) is 11.4 Å². The second-order valence-electron chi connectivity index (χ2n) is 2.67. The van der Waals surface area contributed by atoms with Crippen molar-refractivity contribution in [3.8, 4) is 0 Å². The number of anilines is 1. The molecular weight excluding hydrogens is 302 g/mol. The van der Waals surface area contributed by atoms with Crippen LogP contribution >= 0.6 is 0 Å². The summed E-state index contributed by atoms with van der Waals surface area (Å²) in [6.07, 6.45) is 0. The quantitative estimate of drug-likeness (QED) is 0.152.